The predicted octanol–water partition coefficient (Wildman–Crippen LogP) is 5.35. The Labute approximate surface area is 168 Å². The van der Waals surface area contributed by atoms with Crippen LogP contribution in [0, 0.1) is 0 Å². The Morgan fingerprint density at radius 1 is 0.857 bits per heavy atom. The molecule has 2 heterocycles. The molecule has 0 aliphatic heterocycles. The topological polar surface area (TPSA) is 45.0 Å². The number of ether oxygens (including phenoxy) is 3. The minimum atomic E-state index is 0.550. The molecule has 0 radical (unpaired) electrons. The number of aromatic nitrogens is 2. The van der Waals surface area contributed by atoms with Crippen molar-refractivity contribution >= 4 is 17.1 Å². The van der Waals surface area contributed by atoms with Gasteiger partial charge >= 0.3 is 0 Å². The third-order valence-electron chi connectivity index (χ3n) is 4.59. The lowest BCUT2D eigenvalue weighted by Gasteiger charge is -2.15. The maximum absolute atomic E-state index is 6.03. The minimum absolute atomic E-state index is 0.550. The number of rotatable bonds is 5. The van der Waals surface area contributed by atoms with Crippen molar-refractivity contribution in [3.8, 4) is 39.8 Å². The summed E-state index contributed by atoms with van der Waals surface area (Å²) in [5, 5.41) is 0.690. The molecule has 0 amide bonds. The highest BCUT2D eigenvalue weighted by Crippen LogP contribution is 2.42. The molecule has 0 saturated carbocycles. The number of nitrogens with zero attached hydrogens (tertiary/aromatic N) is 2. The van der Waals surface area contributed by atoms with Gasteiger partial charge in [0.2, 0.25) is 5.75 Å². The Balaban J connectivity index is 1.96. The summed E-state index contributed by atoms with van der Waals surface area (Å²) >= 11 is 6.03. The summed E-state index contributed by atoms with van der Waals surface area (Å²) in [6.07, 6.45) is 4.00. The average molecular weight is 395 g/mol. The minimum Gasteiger partial charge on any atom is -0.493 e. The fourth-order valence-corrected chi connectivity index (χ4v) is 3.36. The van der Waals surface area contributed by atoms with Crippen molar-refractivity contribution in [1.82, 2.24) is 9.38 Å². The van der Waals surface area contributed by atoms with Crippen molar-refractivity contribution in [2.45, 2.75) is 0 Å². The Morgan fingerprint density at radius 3 is 2.14 bits per heavy atom. The molecule has 0 bridgehead atoms. The third-order valence-corrected chi connectivity index (χ3v) is 4.85. The Morgan fingerprint density at radius 2 is 1.54 bits per heavy atom. The highest BCUT2D eigenvalue weighted by atomic mass is 35.5. The van der Waals surface area contributed by atoms with E-state index >= 15 is 0 Å². The normalized spacial score (nSPS) is 10.9. The molecular formula is C22H19ClN2O3. The van der Waals surface area contributed by atoms with Crippen molar-refractivity contribution < 1.29 is 14.2 Å². The number of hydrogen-bond acceptors (Lipinski definition) is 4. The second-order valence-corrected chi connectivity index (χ2v) is 6.63. The summed E-state index contributed by atoms with van der Waals surface area (Å²) in [7, 11) is 4.79. The summed E-state index contributed by atoms with van der Waals surface area (Å²) in [4.78, 5) is 4.93. The molecule has 0 aliphatic rings. The van der Waals surface area contributed by atoms with Gasteiger partial charge in [-0.3, -0.25) is 0 Å². The van der Waals surface area contributed by atoms with Gasteiger partial charge in [0.05, 0.1) is 38.2 Å². The molecule has 0 fully saturated rings. The molecule has 5 nitrogen and oxygen atoms in total. The smallest absolute Gasteiger partial charge is 0.203 e. The lowest BCUT2D eigenvalue weighted by Crippen LogP contribution is -1.98. The first kappa shape index (κ1) is 18.2. The first-order valence-electron chi connectivity index (χ1n) is 8.68. The van der Waals surface area contributed by atoms with E-state index in [1.807, 2.05) is 60.9 Å². The molecular weight excluding hydrogens is 376 g/mol. The van der Waals surface area contributed by atoms with E-state index in [4.69, 9.17) is 30.8 Å². The van der Waals surface area contributed by atoms with Gasteiger partial charge in [-0.2, -0.15) is 0 Å². The van der Waals surface area contributed by atoms with Crippen molar-refractivity contribution in [3.05, 3.63) is 65.9 Å². The highest BCUT2D eigenvalue weighted by Gasteiger charge is 2.17. The number of halogens is 1. The molecule has 28 heavy (non-hydrogen) atoms. The van der Waals surface area contributed by atoms with E-state index in [-0.39, 0.29) is 0 Å². The molecule has 0 spiro atoms. The maximum Gasteiger partial charge on any atom is 0.203 e. The monoisotopic (exact) mass is 394 g/mol. The largest absolute Gasteiger partial charge is 0.493 e. The van der Waals surface area contributed by atoms with Crippen LogP contribution < -0.4 is 14.2 Å². The Hall–Kier alpha value is -3.18. The zero-order valence-corrected chi connectivity index (χ0v) is 16.5. The SMILES string of the molecule is COc1cc(-c2nc(-c3ccc(Cl)cc3)cn3cccc23)cc(OC)c1OC. The van der Waals surface area contributed by atoms with Crippen molar-refractivity contribution in [2.75, 3.05) is 21.3 Å². The third kappa shape index (κ3) is 3.14. The van der Waals surface area contributed by atoms with Crippen LogP contribution in [-0.2, 0) is 0 Å². The lowest BCUT2D eigenvalue weighted by molar-refractivity contribution is 0.324. The molecule has 2 aromatic heterocycles. The van der Waals surface area contributed by atoms with Gasteiger partial charge in [0.1, 0.15) is 0 Å². The first-order chi connectivity index (χ1) is 13.6. The van der Waals surface area contributed by atoms with Crippen LogP contribution in [0.4, 0.5) is 0 Å². The summed E-state index contributed by atoms with van der Waals surface area (Å²) in [6, 6.07) is 15.5. The van der Waals surface area contributed by atoms with E-state index in [0.29, 0.717) is 22.3 Å². The molecule has 0 aliphatic carbocycles. The molecule has 0 atom stereocenters. The standard InChI is InChI=1S/C22H19ClN2O3/c1-26-19-11-15(12-20(27-2)22(19)28-3)21-18-5-4-10-25(18)13-17(24-21)14-6-8-16(23)9-7-14/h4-13H,1-3H3. The van der Waals surface area contributed by atoms with E-state index in [9.17, 15) is 0 Å². The van der Waals surface area contributed by atoms with Gasteiger partial charge in [-0.05, 0) is 36.4 Å². The van der Waals surface area contributed by atoms with Crippen LogP contribution in [0.3, 0.4) is 0 Å². The molecule has 0 saturated heterocycles. The predicted molar refractivity (Wildman–Crippen MR) is 111 cm³/mol. The second kappa shape index (κ2) is 7.44. The van der Waals surface area contributed by atoms with Crippen LogP contribution in [0.1, 0.15) is 0 Å². The van der Waals surface area contributed by atoms with E-state index in [2.05, 4.69) is 4.40 Å². The average Bonchev–Trinajstić information content (AvgIpc) is 3.21. The lowest BCUT2D eigenvalue weighted by atomic mass is 10.1. The van der Waals surface area contributed by atoms with Crippen LogP contribution in [0.2, 0.25) is 5.02 Å². The van der Waals surface area contributed by atoms with Gasteiger partial charge in [-0.1, -0.05) is 23.7 Å². The highest BCUT2D eigenvalue weighted by molar-refractivity contribution is 6.30. The summed E-state index contributed by atoms with van der Waals surface area (Å²) in [6.45, 7) is 0. The van der Waals surface area contributed by atoms with Crippen LogP contribution in [-0.4, -0.2) is 30.7 Å². The van der Waals surface area contributed by atoms with Gasteiger partial charge in [0.25, 0.3) is 0 Å². The van der Waals surface area contributed by atoms with Crippen LogP contribution in [0.15, 0.2) is 60.9 Å². The molecule has 0 N–H and O–H groups in total. The van der Waals surface area contributed by atoms with Crippen molar-refractivity contribution in [2.24, 2.45) is 0 Å². The zero-order valence-electron chi connectivity index (χ0n) is 15.8. The Kier molecular flexibility index (Phi) is 4.84. The summed E-state index contributed by atoms with van der Waals surface area (Å²) in [5.74, 6) is 1.72. The van der Waals surface area contributed by atoms with Gasteiger partial charge in [-0.15, -0.1) is 0 Å². The van der Waals surface area contributed by atoms with Gasteiger partial charge in [0.15, 0.2) is 11.5 Å². The fraction of sp³-hybridized carbons (Fsp3) is 0.136. The van der Waals surface area contributed by atoms with Crippen LogP contribution >= 0.6 is 11.6 Å². The molecule has 2 aromatic carbocycles. The van der Waals surface area contributed by atoms with E-state index < -0.39 is 0 Å². The van der Waals surface area contributed by atoms with Crippen LogP contribution in [0.5, 0.6) is 17.2 Å². The fourth-order valence-electron chi connectivity index (χ4n) is 3.24. The van der Waals surface area contributed by atoms with Crippen molar-refractivity contribution in [1.29, 1.82) is 0 Å². The summed E-state index contributed by atoms with van der Waals surface area (Å²) in [5.41, 5.74) is 4.48. The van der Waals surface area contributed by atoms with Gasteiger partial charge in [0, 0.05) is 28.5 Å². The van der Waals surface area contributed by atoms with Crippen LogP contribution in [0.25, 0.3) is 28.0 Å². The first-order valence-corrected chi connectivity index (χ1v) is 9.06. The number of methoxy groups -OCH3 is 3. The number of benzene rings is 2. The molecule has 4 aromatic rings. The van der Waals surface area contributed by atoms with Crippen molar-refractivity contribution in [3.63, 3.8) is 0 Å². The number of hydrogen-bond donors (Lipinski definition) is 0. The molecule has 142 valence electrons. The maximum atomic E-state index is 6.03. The van der Waals surface area contributed by atoms with E-state index in [1.165, 1.54) is 0 Å². The van der Waals surface area contributed by atoms with E-state index in [1.54, 1.807) is 21.3 Å². The molecule has 6 heteroatoms. The molecule has 0 unspecified atom stereocenters. The van der Waals surface area contributed by atoms with Gasteiger partial charge in [-0.25, -0.2) is 4.98 Å². The summed E-state index contributed by atoms with van der Waals surface area (Å²) < 4.78 is 18.5. The quantitative estimate of drug-likeness (QED) is 0.458. The number of fused-ring (bicyclic) bond motifs is 1. The van der Waals surface area contributed by atoms with Gasteiger partial charge < -0.3 is 18.6 Å². The second-order valence-electron chi connectivity index (χ2n) is 6.20. The van der Waals surface area contributed by atoms with E-state index in [0.717, 1.165) is 28.0 Å². The Bertz CT molecular complexity index is 1110. The molecule has 4 rings (SSSR count). The zero-order chi connectivity index (χ0) is 19.7.